The van der Waals surface area contributed by atoms with Gasteiger partial charge in [-0.15, -0.1) is 0 Å². The Morgan fingerprint density at radius 3 is 0.859 bits per heavy atom. The van der Waals surface area contributed by atoms with Crippen LogP contribution in [0.5, 0.6) is 11.5 Å². The Morgan fingerprint density at radius 2 is 0.620 bits per heavy atom. The van der Waals surface area contributed by atoms with Gasteiger partial charge < -0.3 is 27.1 Å². The van der Waals surface area contributed by atoms with Crippen LogP contribution < -0.4 is 9.05 Å². The Kier molecular flexibility index (Phi) is 30.8. The zero-order valence-electron chi connectivity index (χ0n) is 48.0. The highest BCUT2D eigenvalue weighted by Gasteiger charge is 2.45. The molecule has 0 saturated carbocycles. The van der Waals surface area contributed by atoms with Crippen LogP contribution in [-0.2, 0) is 41.8 Å². The Balaban J connectivity index is 1.13. The van der Waals surface area contributed by atoms with Gasteiger partial charge in [-0.1, -0.05) is 272 Å². The molecular weight excluding hydrogens is 915 g/mol. The van der Waals surface area contributed by atoms with Crippen LogP contribution in [0.2, 0.25) is 0 Å². The van der Waals surface area contributed by atoms with E-state index in [1.54, 1.807) is 0 Å². The van der Waals surface area contributed by atoms with Crippen molar-refractivity contribution in [3.63, 3.8) is 0 Å². The predicted molar refractivity (Wildman–Crippen MR) is 308 cm³/mol. The fourth-order valence-corrected chi connectivity index (χ4v) is 13.1. The normalized spacial score (nSPS) is 18.7. The van der Waals surface area contributed by atoms with Gasteiger partial charge in [0.05, 0.1) is 31.8 Å². The highest BCUT2D eigenvalue weighted by molar-refractivity contribution is 7.42. The van der Waals surface area contributed by atoms with Gasteiger partial charge >= 0.3 is 17.2 Å². The van der Waals surface area contributed by atoms with Gasteiger partial charge in [0.2, 0.25) is 0 Å². The maximum Gasteiger partial charge on any atom is 0.397 e. The number of rotatable bonds is 38. The van der Waals surface area contributed by atoms with E-state index in [2.05, 4.69) is 93.5 Å². The van der Waals surface area contributed by atoms with Gasteiger partial charge in [-0.2, -0.15) is 0 Å². The van der Waals surface area contributed by atoms with E-state index in [0.29, 0.717) is 26.4 Å². The molecule has 0 bridgehead atoms. The van der Waals surface area contributed by atoms with Crippen LogP contribution in [-0.4, -0.2) is 26.4 Å². The smallest absolute Gasteiger partial charge is 0.397 e. The lowest BCUT2D eigenvalue weighted by Gasteiger charge is -2.41. The topological polar surface area (TPSA) is 55.4 Å². The number of hydrogen-bond donors (Lipinski definition) is 0. The molecule has 2 aliphatic heterocycles. The quantitative estimate of drug-likeness (QED) is 0.0493. The van der Waals surface area contributed by atoms with Crippen LogP contribution in [0.15, 0.2) is 24.3 Å². The molecule has 2 aromatic rings. The summed E-state index contributed by atoms with van der Waals surface area (Å²) in [7, 11) is -3.09. The number of benzene rings is 2. The van der Waals surface area contributed by atoms with Crippen LogP contribution in [0.3, 0.4) is 0 Å². The van der Waals surface area contributed by atoms with Gasteiger partial charge in [-0.05, 0) is 72.6 Å². The first-order valence-corrected chi connectivity index (χ1v) is 32.2. The second kappa shape index (κ2) is 35.1. The first-order valence-electron chi connectivity index (χ1n) is 30.0. The third-order valence-electron chi connectivity index (χ3n) is 15.2. The fraction of sp³-hybridized carbons (Fsp3) is 0.810. The van der Waals surface area contributed by atoms with Crippen molar-refractivity contribution in [3.8, 4) is 11.5 Å². The molecule has 0 N–H and O–H groups in total. The largest absolute Gasteiger partial charge is 0.426 e. The van der Waals surface area contributed by atoms with E-state index in [4.69, 9.17) is 27.1 Å². The van der Waals surface area contributed by atoms with Crippen molar-refractivity contribution in [2.45, 2.75) is 298 Å². The van der Waals surface area contributed by atoms with Gasteiger partial charge in [0.25, 0.3) is 0 Å². The first kappa shape index (κ1) is 62.3. The minimum atomic E-state index is -1.55. The molecule has 408 valence electrons. The summed E-state index contributed by atoms with van der Waals surface area (Å²) >= 11 is 0. The van der Waals surface area contributed by atoms with Crippen molar-refractivity contribution >= 4 is 17.2 Å². The summed E-state index contributed by atoms with van der Waals surface area (Å²) in [5.74, 6) is 1.81. The van der Waals surface area contributed by atoms with Crippen molar-refractivity contribution in [2.75, 3.05) is 26.4 Å². The average molecular weight is 1030 g/mol. The van der Waals surface area contributed by atoms with E-state index in [-0.39, 0.29) is 16.2 Å². The molecule has 0 amide bonds. The number of aryl methyl sites for hydroxylation is 4. The Hall–Kier alpha value is -1.26. The van der Waals surface area contributed by atoms with Crippen LogP contribution in [0, 0.1) is 19.3 Å². The summed E-state index contributed by atoms with van der Waals surface area (Å²) < 4.78 is 38.7. The molecule has 2 heterocycles. The van der Waals surface area contributed by atoms with Crippen molar-refractivity contribution in [3.05, 3.63) is 57.6 Å². The zero-order chi connectivity index (χ0) is 51.2. The summed E-state index contributed by atoms with van der Waals surface area (Å²) in [5, 5.41) is 0. The molecule has 2 saturated heterocycles. The van der Waals surface area contributed by atoms with E-state index in [1.165, 1.54) is 228 Å². The fourth-order valence-electron chi connectivity index (χ4n) is 10.4. The van der Waals surface area contributed by atoms with Gasteiger partial charge in [-0.25, -0.2) is 0 Å². The minimum absolute atomic E-state index is 0.0732. The van der Waals surface area contributed by atoms with Crippen molar-refractivity contribution < 1.29 is 27.1 Å². The molecule has 0 aliphatic carbocycles. The molecule has 1 spiro atoms. The van der Waals surface area contributed by atoms with Crippen LogP contribution in [0.1, 0.15) is 294 Å². The summed E-state index contributed by atoms with van der Waals surface area (Å²) in [6.45, 7) is 24.5. The van der Waals surface area contributed by atoms with Gasteiger partial charge in [0, 0.05) is 11.1 Å². The van der Waals surface area contributed by atoms with E-state index in [1.807, 2.05) is 0 Å². The Morgan fingerprint density at radius 1 is 0.380 bits per heavy atom. The zero-order valence-corrected chi connectivity index (χ0v) is 49.8. The van der Waals surface area contributed by atoms with Crippen molar-refractivity contribution in [1.82, 2.24) is 0 Å². The predicted octanol–water partition coefficient (Wildman–Crippen LogP) is 21.5. The molecule has 8 heteroatoms. The summed E-state index contributed by atoms with van der Waals surface area (Å²) in [4.78, 5) is 0. The van der Waals surface area contributed by atoms with Crippen LogP contribution in [0.4, 0.5) is 0 Å². The van der Waals surface area contributed by atoms with Gasteiger partial charge in [0.1, 0.15) is 11.5 Å². The Bertz CT molecular complexity index is 1560. The third kappa shape index (κ3) is 25.0. The van der Waals surface area contributed by atoms with E-state index in [9.17, 15) is 0 Å². The monoisotopic (exact) mass is 1020 g/mol. The van der Waals surface area contributed by atoms with Crippen LogP contribution in [0.25, 0.3) is 0 Å². The third-order valence-corrected chi connectivity index (χ3v) is 17.2. The van der Waals surface area contributed by atoms with Gasteiger partial charge in [0.15, 0.2) is 0 Å². The number of unbranched alkanes of at least 4 members (excludes halogenated alkanes) is 30. The molecule has 0 atom stereocenters. The standard InChI is InChI=1S/C63H110O6P2/c1-11-13-15-17-19-21-23-25-27-29-31-33-35-37-39-41-43-55-45-53(3)59(57(47-55)61(5,6)7)68-70-64-49-63(50-65-70)51-66-71(67-52-63)69-60-54(4)46-56(48-58(60)62(8,9)10)44-42-40-38-36-34-32-30-28-26-24-22-20-18-16-14-12-2/h45-48H,11-44,49-52H2,1-10H3. The van der Waals surface area contributed by atoms with Gasteiger partial charge in [-0.3, -0.25) is 0 Å². The Labute approximate surface area is 441 Å². The lowest BCUT2D eigenvalue weighted by molar-refractivity contribution is -0.0674. The molecule has 2 aliphatic rings. The molecule has 2 fully saturated rings. The maximum atomic E-state index is 6.63. The van der Waals surface area contributed by atoms with Crippen molar-refractivity contribution in [1.29, 1.82) is 0 Å². The molecule has 0 aromatic heterocycles. The second-order valence-electron chi connectivity index (χ2n) is 24.4. The van der Waals surface area contributed by atoms with E-state index >= 15 is 0 Å². The van der Waals surface area contributed by atoms with E-state index in [0.717, 1.165) is 35.5 Å². The molecule has 0 unspecified atom stereocenters. The van der Waals surface area contributed by atoms with E-state index < -0.39 is 17.2 Å². The summed E-state index contributed by atoms with van der Waals surface area (Å²) in [6.07, 6.45) is 46.9. The maximum absolute atomic E-state index is 6.63. The molecule has 2 aromatic carbocycles. The molecule has 6 nitrogen and oxygen atoms in total. The summed E-state index contributed by atoms with van der Waals surface area (Å²) in [5.41, 5.74) is 7.04. The molecule has 4 rings (SSSR count). The lowest BCUT2D eigenvalue weighted by Crippen LogP contribution is -2.45. The minimum Gasteiger partial charge on any atom is -0.426 e. The molecular formula is C63H110O6P2. The first-order chi connectivity index (χ1) is 34.2. The molecule has 71 heavy (non-hydrogen) atoms. The second-order valence-corrected chi connectivity index (χ2v) is 26.7. The lowest BCUT2D eigenvalue weighted by atomic mass is 9.83. The van der Waals surface area contributed by atoms with Crippen molar-refractivity contribution in [2.24, 2.45) is 5.41 Å². The number of hydrogen-bond acceptors (Lipinski definition) is 6. The SMILES string of the molecule is CCCCCCCCCCCCCCCCCCc1cc(C)c(OP2OCC3(CO2)COP(Oc2c(C)cc(CCCCCCCCCCCCCCCCCC)cc2C(C)(C)C)OC3)c(C(C)(C)C)c1. The highest BCUT2D eigenvalue weighted by atomic mass is 31.2. The molecule has 0 radical (unpaired) electrons. The summed E-state index contributed by atoms with van der Waals surface area (Å²) in [6, 6.07) is 9.40. The van der Waals surface area contributed by atoms with Crippen LogP contribution >= 0.6 is 17.2 Å². The highest BCUT2D eigenvalue weighted by Crippen LogP contribution is 2.55. The average Bonchev–Trinajstić information content (AvgIpc) is 3.33.